The zero-order chi connectivity index (χ0) is 13.0. The number of rotatable bonds is 2. The number of benzene rings is 1. The van der Waals surface area contributed by atoms with E-state index < -0.39 is 0 Å². The first-order chi connectivity index (χ1) is 8.68. The van der Waals surface area contributed by atoms with E-state index in [0.29, 0.717) is 19.1 Å². The van der Waals surface area contributed by atoms with Gasteiger partial charge in [0.05, 0.1) is 6.61 Å². The maximum atomic E-state index is 12.3. The molecule has 0 atom stereocenters. The highest BCUT2D eigenvalue weighted by molar-refractivity contribution is 5.94. The van der Waals surface area contributed by atoms with Gasteiger partial charge >= 0.3 is 0 Å². The minimum absolute atomic E-state index is 0.121. The van der Waals surface area contributed by atoms with Gasteiger partial charge in [-0.15, -0.1) is 0 Å². The minimum atomic E-state index is 0.121. The van der Waals surface area contributed by atoms with Crippen LogP contribution in [-0.2, 0) is 4.74 Å². The average Bonchev–Trinajstić information content (AvgIpc) is 2.67. The molecule has 1 aliphatic heterocycles. The van der Waals surface area contributed by atoms with Gasteiger partial charge in [0.2, 0.25) is 0 Å². The van der Waals surface area contributed by atoms with Gasteiger partial charge in [-0.05, 0) is 30.0 Å². The van der Waals surface area contributed by atoms with Crippen LogP contribution in [0, 0.1) is 0 Å². The maximum Gasteiger partial charge on any atom is 0.253 e. The minimum Gasteiger partial charge on any atom is -0.380 e. The Labute approximate surface area is 109 Å². The maximum absolute atomic E-state index is 12.3. The van der Waals surface area contributed by atoms with Gasteiger partial charge in [0.25, 0.3) is 5.91 Å². The SMILES string of the molecule is CC(C)c1ccc(C(=O)N2CCCOCC2)cc1. The van der Waals surface area contributed by atoms with Crippen LogP contribution in [0.3, 0.4) is 0 Å². The van der Waals surface area contributed by atoms with Gasteiger partial charge in [0.1, 0.15) is 0 Å². The summed E-state index contributed by atoms with van der Waals surface area (Å²) in [6.07, 6.45) is 0.926. The second kappa shape index (κ2) is 6.01. The van der Waals surface area contributed by atoms with Crippen molar-refractivity contribution >= 4 is 5.91 Å². The Hall–Kier alpha value is -1.35. The zero-order valence-electron chi connectivity index (χ0n) is 11.2. The molecule has 1 aromatic rings. The molecule has 0 radical (unpaired) electrons. The predicted octanol–water partition coefficient (Wildman–Crippen LogP) is 2.67. The largest absolute Gasteiger partial charge is 0.380 e. The van der Waals surface area contributed by atoms with Crippen molar-refractivity contribution in [2.75, 3.05) is 26.3 Å². The van der Waals surface area contributed by atoms with E-state index in [1.165, 1.54) is 5.56 Å². The highest BCUT2D eigenvalue weighted by Crippen LogP contribution is 2.16. The van der Waals surface area contributed by atoms with Crippen LogP contribution in [0.15, 0.2) is 24.3 Å². The van der Waals surface area contributed by atoms with Gasteiger partial charge in [-0.2, -0.15) is 0 Å². The van der Waals surface area contributed by atoms with Crippen LogP contribution in [0.1, 0.15) is 42.1 Å². The Morgan fingerprint density at radius 2 is 1.89 bits per heavy atom. The van der Waals surface area contributed by atoms with Crippen LogP contribution in [0.5, 0.6) is 0 Å². The molecule has 2 rings (SSSR count). The smallest absolute Gasteiger partial charge is 0.253 e. The van der Waals surface area contributed by atoms with E-state index in [1.54, 1.807) is 0 Å². The summed E-state index contributed by atoms with van der Waals surface area (Å²) in [4.78, 5) is 14.2. The number of carbonyl (C=O) groups is 1. The van der Waals surface area contributed by atoms with Crippen LogP contribution in [-0.4, -0.2) is 37.1 Å². The van der Waals surface area contributed by atoms with Gasteiger partial charge in [0, 0.05) is 25.3 Å². The zero-order valence-corrected chi connectivity index (χ0v) is 11.2. The summed E-state index contributed by atoms with van der Waals surface area (Å²) >= 11 is 0. The fourth-order valence-corrected chi connectivity index (χ4v) is 2.14. The molecule has 1 heterocycles. The van der Waals surface area contributed by atoms with Crippen molar-refractivity contribution in [3.8, 4) is 0 Å². The molecule has 98 valence electrons. The lowest BCUT2D eigenvalue weighted by atomic mass is 10.0. The second-order valence-electron chi connectivity index (χ2n) is 5.03. The number of hydrogen-bond donors (Lipinski definition) is 0. The quantitative estimate of drug-likeness (QED) is 0.804. The number of ether oxygens (including phenoxy) is 1. The summed E-state index contributed by atoms with van der Waals surface area (Å²) in [6, 6.07) is 7.96. The monoisotopic (exact) mass is 247 g/mol. The Balaban J connectivity index is 2.07. The van der Waals surface area contributed by atoms with Gasteiger partial charge in [-0.25, -0.2) is 0 Å². The molecule has 0 N–H and O–H groups in total. The average molecular weight is 247 g/mol. The second-order valence-corrected chi connectivity index (χ2v) is 5.03. The van der Waals surface area contributed by atoms with Gasteiger partial charge in [0.15, 0.2) is 0 Å². The van der Waals surface area contributed by atoms with Gasteiger partial charge in [-0.3, -0.25) is 4.79 Å². The Kier molecular flexibility index (Phi) is 4.37. The molecule has 1 aromatic carbocycles. The van der Waals surface area contributed by atoms with Crippen LogP contribution < -0.4 is 0 Å². The van der Waals surface area contributed by atoms with Crippen LogP contribution in [0.4, 0.5) is 0 Å². The molecule has 0 aliphatic carbocycles. The van der Waals surface area contributed by atoms with Crippen molar-refractivity contribution < 1.29 is 9.53 Å². The first-order valence-electron chi connectivity index (χ1n) is 6.65. The molecule has 18 heavy (non-hydrogen) atoms. The lowest BCUT2D eigenvalue weighted by Crippen LogP contribution is -2.33. The molecule has 0 unspecified atom stereocenters. The van der Waals surface area contributed by atoms with E-state index in [0.717, 1.165) is 25.1 Å². The standard InChI is InChI=1S/C15H21NO2/c1-12(2)13-4-6-14(7-5-13)15(17)16-8-3-10-18-11-9-16/h4-7,12H,3,8-11H2,1-2H3. The Bertz CT molecular complexity index is 389. The van der Waals surface area contributed by atoms with Gasteiger partial charge in [-0.1, -0.05) is 26.0 Å². The molecule has 3 heteroatoms. The summed E-state index contributed by atoms with van der Waals surface area (Å²) in [5.74, 6) is 0.622. The Morgan fingerprint density at radius 1 is 1.17 bits per heavy atom. The molecule has 0 saturated carbocycles. The summed E-state index contributed by atoms with van der Waals surface area (Å²) in [5, 5.41) is 0. The fraction of sp³-hybridized carbons (Fsp3) is 0.533. The number of carbonyl (C=O) groups excluding carboxylic acids is 1. The van der Waals surface area contributed by atoms with Crippen molar-refractivity contribution in [3.05, 3.63) is 35.4 Å². The van der Waals surface area contributed by atoms with E-state index in [4.69, 9.17) is 4.74 Å². The van der Waals surface area contributed by atoms with Gasteiger partial charge < -0.3 is 9.64 Å². The molecule has 0 spiro atoms. The normalized spacial score (nSPS) is 16.7. The first kappa shape index (κ1) is 13.1. The van der Waals surface area contributed by atoms with E-state index in [9.17, 15) is 4.79 Å². The first-order valence-corrected chi connectivity index (χ1v) is 6.65. The van der Waals surface area contributed by atoms with Crippen molar-refractivity contribution in [2.24, 2.45) is 0 Å². The highest BCUT2D eigenvalue weighted by atomic mass is 16.5. The summed E-state index contributed by atoms with van der Waals surface area (Å²) < 4.78 is 5.37. The highest BCUT2D eigenvalue weighted by Gasteiger charge is 2.17. The molecule has 1 aliphatic rings. The molecular formula is C15H21NO2. The van der Waals surface area contributed by atoms with E-state index >= 15 is 0 Å². The lowest BCUT2D eigenvalue weighted by Gasteiger charge is -2.19. The van der Waals surface area contributed by atoms with E-state index in [2.05, 4.69) is 13.8 Å². The third-order valence-electron chi connectivity index (χ3n) is 3.33. The third kappa shape index (κ3) is 3.10. The van der Waals surface area contributed by atoms with Crippen molar-refractivity contribution in [1.82, 2.24) is 4.90 Å². The predicted molar refractivity (Wildman–Crippen MR) is 71.9 cm³/mol. The van der Waals surface area contributed by atoms with Crippen molar-refractivity contribution in [1.29, 1.82) is 0 Å². The fourth-order valence-electron chi connectivity index (χ4n) is 2.14. The van der Waals surface area contributed by atoms with Crippen LogP contribution >= 0.6 is 0 Å². The summed E-state index contributed by atoms with van der Waals surface area (Å²) in [7, 11) is 0. The molecule has 1 amide bonds. The van der Waals surface area contributed by atoms with E-state index in [-0.39, 0.29) is 5.91 Å². The molecule has 3 nitrogen and oxygen atoms in total. The van der Waals surface area contributed by atoms with Crippen molar-refractivity contribution in [2.45, 2.75) is 26.2 Å². The van der Waals surface area contributed by atoms with Crippen LogP contribution in [0.2, 0.25) is 0 Å². The molecule has 1 fully saturated rings. The van der Waals surface area contributed by atoms with E-state index in [1.807, 2.05) is 29.2 Å². The lowest BCUT2D eigenvalue weighted by molar-refractivity contribution is 0.0741. The van der Waals surface area contributed by atoms with Crippen LogP contribution in [0.25, 0.3) is 0 Å². The third-order valence-corrected chi connectivity index (χ3v) is 3.33. The number of hydrogen-bond acceptors (Lipinski definition) is 2. The number of nitrogens with zero attached hydrogens (tertiary/aromatic N) is 1. The Morgan fingerprint density at radius 3 is 2.56 bits per heavy atom. The molecule has 1 saturated heterocycles. The molecule has 0 bridgehead atoms. The molecule has 0 aromatic heterocycles. The van der Waals surface area contributed by atoms with Crippen molar-refractivity contribution in [3.63, 3.8) is 0 Å². The summed E-state index contributed by atoms with van der Waals surface area (Å²) in [5.41, 5.74) is 2.05. The summed E-state index contributed by atoms with van der Waals surface area (Å²) in [6.45, 7) is 7.22. The topological polar surface area (TPSA) is 29.5 Å². The number of amides is 1. The molecular weight excluding hydrogens is 226 g/mol.